The molecule has 0 saturated carbocycles. The summed E-state index contributed by atoms with van der Waals surface area (Å²) in [5, 5.41) is 4.26. The molecule has 0 amide bonds. The summed E-state index contributed by atoms with van der Waals surface area (Å²) in [7, 11) is 6.39. The molecule has 0 spiro atoms. The monoisotopic (exact) mass is 279 g/mol. The molecule has 1 fully saturated rings. The predicted molar refractivity (Wildman–Crippen MR) is 82.8 cm³/mol. The maximum atomic E-state index is 4.26. The topological polar surface area (TPSA) is 27.5 Å². The molecule has 0 radical (unpaired) electrons. The Morgan fingerprint density at radius 1 is 1.25 bits per heavy atom. The van der Waals surface area contributed by atoms with E-state index in [9.17, 15) is 0 Å². The highest BCUT2D eigenvalue weighted by Gasteiger charge is 2.15. The predicted octanol–water partition coefficient (Wildman–Crippen LogP) is 1.05. The maximum Gasteiger partial charge on any atom is 0.0537 e. The van der Waals surface area contributed by atoms with Gasteiger partial charge in [-0.15, -0.1) is 0 Å². The zero-order chi connectivity index (χ0) is 14.5. The number of rotatable bonds is 6. The molecule has 1 aliphatic heterocycles. The summed E-state index contributed by atoms with van der Waals surface area (Å²) in [5.74, 6) is 0. The van der Waals surface area contributed by atoms with E-state index in [1.54, 1.807) is 0 Å². The quantitative estimate of drug-likeness (QED) is 0.778. The van der Waals surface area contributed by atoms with Crippen molar-refractivity contribution in [1.82, 2.24) is 24.5 Å². The molecule has 2 heterocycles. The van der Waals surface area contributed by atoms with Gasteiger partial charge in [-0.05, 0) is 40.5 Å². The second-order valence-corrected chi connectivity index (χ2v) is 6.10. The minimum Gasteiger partial charge on any atom is -0.304 e. The van der Waals surface area contributed by atoms with Gasteiger partial charge in [0.2, 0.25) is 0 Å². The van der Waals surface area contributed by atoms with Crippen LogP contribution in [0.5, 0.6) is 0 Å². The van der Waals surface area contributed by atoms with Gasteiger partial charge in [0, 0.05) is 51.0 Å². The first-order valence-electron chi connectivity index (χ1n) is 7.66. The lowest BCUT2D eigenvalue weighted by atomic mass is 10.1. The second kappa shape index (κ2) is 7.20. The van der Waals surface area contributed by atoms with Crippen molar-refractivity contribution in [1.29, 1.82) is 0 Å². The van der Waals surface area contributed by atoms with Crippen LogP contribution in [0.1, 0.15) is 24.9 Å². The van der Waals surface area contributed by atoms with Gasteiger partial charge in [-0.25, -0.2) is 0 Å². The molecule has 5 heteroatoms. The fourth-order valence-corrected chi connectivity index (χ4v) is 2.72. The lowest BCUT2D eigenvalue weighted by molar-refractivity contribution is 0.145. The third-order valence-corrected chi connectivity index (χ3v) is 4.45. The molecular formula is C15H29N5. The molecular weight excluding hydrogens is 250 g/mol. The molecule has 0 bridgehead atoms. The van der Waals surface area contributed by atoms with Gasteiger partial charge in [0.05, 0.1) is 6.20 Å². The number of aromatic nitrogens is 2. The van der Waals surface area contributed by atoms with E-state index < -0.39 is 0 Å². The average molecular weight is 279 g/mol. The molecule has 5 nitrogen and oxygen atoms in total. The van der Waals surface area contributed by atoms with Crippen LogP contribution in [0.4, 0.5) is 0 Å². The van der Waals surface area contributed by atoms with E-state index >= 15 is 0 Å². The Labute approximate surface area is 123 Å². The Bertz CT molecular complexity index is 395. The third-order valence-electron chi connectivity index (χ3n) is 4.45. The fourth-order valence-electron chi connectivity index (χ4n) is 2.72. The SMILES string of the molecule is C[C@H](c1cnn(C)c1)N(C)CCCN1CCN(C)CC1. The molecule has 20 heavy (non-hydrogen) atoms. The Balaban J connectivity index is 1.68. The smallest absolute Gasteiger partial charge is 0.0537 e. The zero-order valence-electron chi connectivity index (χ0n) is 13.4. The van der Waals surface area contributed by atoms with Crippen molar-refractivity contribution in [3.63, 3.8) is 0 Å². The second-order valence-electron chi connectivity index (χ2n) is 6.10. The van der Waals surface area contributed by atoms with E-state index in [4.69, 9.17) is 0 Å². The Kier molecular flexibility index (Phi) is 5.57. The van der Waals surface area contributed by atoms with Crippen LogP contribution in [-0.4, -0.2) is 77.8 Å². The Hall–Kier alpha value is -0.910. The number of hydrogen-bond donors (Lipinski definition) is 0. The van der Waals surface area contributed by atoms with E-state index in [1.807, 2.05) is 17.9 Å². The summed E-state index contributed by atoms with van der Waals surface area (Å²) in [6, 6.07) is 0.441. The molecule has 1 atom stereocenters. The molecule has 2 rings (SSSR count). The van der Waals surface area contributed by atoms with Gasteiger partial charge in [0.25, 0.3) is 0 Å². The lowest BCUT2D eigenvalue weighted by Crippen LogP contribution is -2.45. The van der Waals surface area contributed by atoms with Crippen LogP contribution >= 0.6 is 0 Å². The summed E-state index contributed by atoms with van der Waals surface area (Å²) >= 11 is 0. The molecule has 1 aliphatic rings. The van der Waals surface area contributed by atoms with Gasteiger partial charge in [-0.3, -0.25) is 9.58 Å². The number of nitrogens with zero attached hydrogens (tertiary/aromatic N) is 5. The van der Waals surface area contributed by atoms with Crippen LogP contribution < -0.4 is 0 Å². The van der Waals surface area contributed by atoms with E-state index in [-0.39, 0.29) is 0 Å². The minimum absolute atomic E-state index is 0.441. The Morgan fingerprint density at radius 2 is 1.95 bits per heavy atom. The van der Waals surface area contributed by atoms with Crippen molar-refractivity contribution in [2.24, 2.45) is 7.05 Å². The van der Waals surface area contributed by atoms with Crippen molar-refractivity contribution >= 4 is 0 Å². The summed E-state index contributed by atoms with van der Waals surface area (Å²) < 4.78 is 1.88. The van der Waals surface area contributed by atoms with Crippen LogP contribution in [-0.2, 0) is 7.05 Å². The first kappa shape index (κ1) is 15.5. The summed E-state index contributed by atoms with van der Waals surface area (Å²) in [4.78, 5) is 7.42. The summed E-state index contributed by atoms with van der Waals surface area (Å²) in [5.41, 5.74) is 1.30. The largest absolute Gasteiger partial charge is 0.304 e. The highest BCUT2D eigenvalue weighted by atomic mass is 15.3. The highest BCUT2D eigenvalue weighted by Crippen LogP contribution is 2.17. The fraction of sp³-hybridized carbons (Fsp3) is 0.800. The maximum absolute atomic E-state index is 4.26. The molecule has 0 aromatic carbocycles. The molecule has 1 saturated heterocycles. The van der Waals surface area contributed by atoms with Crippen molar-refractivity contribution < 1.29 is 0 Å². The summed E-state index contributed by atoms with van der Waals surface area (Å²) in [6.45, 7) is 9.48. The first-order valence-corrected chi connectivity index (χ1v) is 7.66. The zero-order valence-corrected chi connectivity index (χ0v) is 13.4. The van der Waals surface area contributed by atoms with Crippen molar-refractivity contribution in [2.45, 2.75) is 19.4 Å². The summed E-state index contributed by atoms with van der Waals surface area (Å²) in [6.07, 6.45) is 5.33. The number of hydrogen-bond acceptors (Lipinski definition) is 4. The van der Waals surface area contributed by atoms with E-state index in [0.717, 1.165) is 6.54 Å². The Morgan fingerprint density at radius 3 is 2.55 bits per heavy atom. The van der Waals surface area contributed by atoms with Gasteiger partial charge in [-0.1, -0.05) is 0 Å². The average Bonchev–Trinajstić information content (AvgIpc) is 2.86. The normalized spacial score (nSPS) is 19.6. The van der Waals surface area contributed by atoms with E-state index in [1.165, 1.54) is 44.7 Å². The minimum atomic E-state index is 0.441. The van der Waals surface area contributed by atoms with E-state index in [2.05, 4.69) is 47.0 Å². The first-order chi connectivity index (χ1) is 9.56. The van der Waals surface area contributed by atoms with Crippen LogP contribution in [0.2, 0.25) is 0 Å². The van der Waals surface area contributed by atoms with Gasteiger partial charge >= 0.3 is 0 Å². The lowest BCUT2D eigenvalue weighted by Gasteiger charge is -2.33. The molecule has 0 unspecified atom stereocenters. The van der Waals surface area contributed by atoms with Crippen LogP contribution in [0.25, 0.3) is 0 Å². The third kappa shape index (κ3) is 4.30. The number of aryl methyl sites for hydroxylation is 1. The van der Waals surface area contributed by atoms with Crippen molar-refractivity contribution in [3.8, 4) is 0 Å². The highest BCUT2D eigenvalue weighted by molar-refractivity contribution is 5.08. The van der Waals surface area contributed by atoms with Gasteiger partial charge < -0.3 is 9.80 Å². The van der Waals surface area contributed by atoms with Gasteiger partial charge in [0.1, 0.15) is 0 Å². The molecule has 1 aromatic heterocycles. The van der Waals surface area contributed by atoms with E-state index in [0.29, 0.717) is 6.04 Å². The molecule has 0 N–H and O–H groups in total. The molecule has 0 aliphatic carbocycles. The number of piperazine rings is 1. The van der Waals surface area contributed by atoms with Crippen LogP contribution in [0.3, 0.4) is 0 Å². The van der Waals surface area contributed by atoms with Crippen LogP contribution in [0, 0.1) is 0 Å². The number of likely N-dealkylation sites (N-methyl/N-ethyl adjacent to an activating group) is 1. The molecule has 114 valence electrons. The van der Waals surface area contributed by atoms with Crippen molar-refractivity contribution in [2.75, 3.05) is 53.4 Å². The standard InChI is InChI=1S/C15H29N5/c1-14(15-12-16-19(4)13-15)18(3)6-5-7-20-10-8-17(2)9-11-20/h12-14H,5-11H2,1-4H3/t14-/m1/s1. The molecule has 1 aromatic rings. The van der Waals surface area contributed by atoms with Gasteiger partial charge in [0.15, 0.2) is 0 Å². The van der Waals surface area contributed by atoms with Gasteiger partial charge in [-0.2, -0.15) is 5.10 Å². The van der Waals surface area contributed by atoms with Crippen molar-refractivity contribution in [3.05, 3.63) is 18.0 Å². The van der Waals surface area contributed by atoms with Crippen LogP contribution in [0.15, 0.2) is 12.4 Å².